The standard InChI is InChI=1S/C16H26N4S/c1-3-17-15(18-9-5-14-11-21-13(2)19-14)20-10-8-16(12-20)6-4-7-16/h11H,3-10,12H2,1-2H3,(H,17,18). The van der Waals surface area contributed by atoms with Crippen molar-refractivity contribution < 1.29 is 0 Å². The lowest BCUT2D eigenvalue weighted by Crippen LogP contribution is -2.42. The van der Waals surface area contributed by atoms with Crippen molar-refractivity contribution in [2.45, 2.75) is 46.0 Å². The van der Waals surface area contributed by atoms with Crippen molar-refractivity contribution in [2.24, 2.45) is 10.4 Å². The predicted octanol–water partition coefficient (Wildman–Crippen LogP) is 2.84. The van der Waals surface area contributed by atoms with Gasteiger partial charge in [0.2, 0.25) is 0 Å². The van der Waals surface area contributed by atoms with Gasteiger partial charge in [0, 0.05) is 38.0 Å². The lowest BCUT2D eigenvalue weighted by molar-refractivity contribution is 0.151. The summed E-state index contributed by atoms with van der Waals surface area (Å²) in [5.74, 6) is 1.10. The topological polar surface area (TPSA) is 40.5 Å². The van der Waals surface area contributed by atoms with Crippen molar-refractivity contribution in [2.75, 3.05) is 26.2 Å². The molecule has 0 radical (unpaired) electrons. The summed E-state index contributed by atoms with van der Waals surface area (Å²) in [5, 5.41) is 6.76. The maximum Gasteiger partial charge on any atom is 0.193 e. The van der Waals surface area contributed by atoms with Crippen molar-refractivity contribution >= 4 is 17.3 Å². The van der Waals surface area contributed by atoms with E-state index in [1.807, 2.05) is 0 Å². The van der Waals surface area contributed by atoms with Gasteiger partial charge in [0.05, 0.1) is 10.7 Å². The van der Waals surface area contributed by atoms with Crippen LogP contribution in [0.1, 0.15) is 43.3 Å². The van der Waals surface area contributed by atoms with Gasteiger partial charge < -0.3 is 10.2 Å². The Morgan fingerprint density at radius 1 is 1.48 bits per heavy atom. The highest BCUT2D eigenvalue weighted by molar-refractivity contribution is 7.09. The fourth-order valence-corrected chi connectivity index (χ4v) is 4.07. The van der Waals surface area contributed by atoms with Crippen LogP contribution in [0.5, 0.6) is 0 Å². The fourth-order valence-electron chi connectivity index (χ4n) is 3.43. The van der Waals surface area contributed by atoms with E-state index in [9.17, 15) is 0 Å². The first-order chi connectivity index (χ1) is 10.2. The van der Waals surface area contributed by atoms with Gasteiger partial charge in [-0.1, -0.05) is 6.42 Å². The van der Waals surface area contributed by atoms with Gasteiger partial charge in [-0.2, -0.15) is 0 Å². The van der Waals surface area contributed by atoms with Gasteiger partial charge >= 0.3 is 0 Å². The van der Waals surface area contributed by atoms with E-state index in [0.717, 1.165) is 30.5 Å². The molecule has 5 heteroatoms. The first-order valence-corrected chi connectivity index (χ1v) is 9.03. The number of rotatable bonds is 4. The fraction of sp³-hybridized carbons (Fsp3) is 0.750. The summed E-state index contributed by atoms with van der Waals surface area (Å²) in [7, 11) is 0. The summed E-state index contributed by atoms with van der Waals surface area (Å²) in [4.78, 5) is 11.8. The van der Waals surface area contributed by atoms with E-state index in [4.69, 9.17) is 4.99 Å². The normalized spacial score (nSPS) is 20.9. The summed E-state index contributed by atoms with van der Waals surface area (Å²) in [6.07, 6.45) is 6.55. The molecule has 1 aromatic rings. The smallest absolute Gasteiger partial charge is 0.193 e. The van der Waals surface area contributed by atoms with Crippen molar-refractivity contribution in [3.05, 3.63) is 16.1 Å². The van der Waals surface area contributed by atoms with Crippen LogP contribution in [0, 0.1) is 12.3 Å². The molecule has 116 valence electrons. The Bertz CT molecular complexity index is 504. The van der Waals surface area contributed by atoms with E-state index >= 15 is 0 Å². The quantitative estimate of drug-likeness (QED) is 0.687. The van der Waals surface area contributed by atoms with Crippen LogP contribution < -0.4 is 5.32 Å². The van der Waals surface area contributed by atoms with Crippen LogP contribution in [0.25, 0.3) is 0 Å². The lowest BCUT2D eigenvalue weighted by atomic mass is 9.68. The van der Waals surface area contributed by atoms with Crippen LogP contribution in [0.3, 0.4) is 0 Å². The minimum absolute atomic E-state index is 0.627. The summed E-state index contributed by atoms with van der Waals surface area (Å²) in [6, 6.07) is 0. The molecule has 1 aliphatic carbocycles. The molecule has 1 aromatic heterocycles. The predicted molar refractivity (Wildman–Crippen MR) is 89.0 cm³/mol. The molecule has 2 aliphatic rings. The van der Waals surface area contributed by atoms with Gasteiger partial charge in [0.25, 0.3) is 0 Å². The Hall–Kier alpha value is -1.10. The number of hydrogen-bond acceptors (Lipinski definition) is 3. The third-order valence-electron chi connectivity index (χ3n) is 4.78. The van der Waals surface area contributed by atoms with Crippen molar-refractivity contribution in [1.29, 1.82) is 0 Å². The van der Waals surface area contributed by atoms with Gasteiger partial charge in [0.15, 0.2) is 5.96 Å². The molecule has 0 unspecified atom stereocenters. The van der Waals surface area contributed by atoms with Crippen LogP contribution in [-0.4, -0.2) is 42.0 Å². The minimum atomic E-state index is 0.627. The van der Waals surface area contributed by atoms with Crippen molar-refractivity contribution in [1.82, 2.24) is 15.2 Å². The number of guanidine groups is 1. The Labute approximate surface area is 131 Å². The van der Waals surface area contributed by atoms with Gasteiger partial charge in [-0.05, 0) is 38.5 Å². The Kier molecular flexibility index (Phi) is 4.48. The average molecular weight is 306 g/mol. The van der Waals surface area contributed by atoms with Crippen molar-refractivity contribution in [3.63, 3.8) is 0 Å². The van der Waals surface area contributed by atoms with Gasteiger partial charge in [-0.3, -0.25) is 4.99 Å². The van der Waals surface area contributed by atoms with E-state index in [1.54, 1.807) is 11.3 Å². The Balaban J connectivity index is 1.57. The number of nitrogens with one attached hydrogen (secondary N) is 1. The molecule has 0 aromatic carbocycles. The third kappa shape index (κ3) is 3.39. The molecule has 4 nitrogen and oxygen atoms in total. The zero-order valence-electron chi connectivity index (χ0n) is 13.2. The lowest BCUT2D eigenvalue weighted by Gasteiger charge is -2.38. The minimum Gasteiger partial charge on any atom is -0.357 e. The van der Waals surface area contributed by atoms with Crippen molar-refractivity contribution in [3.8, 4) is 0 Å². The van der Waals surface area contributed by atoms with Crippen LogP contribution >= 0.6 is 11.3 Å². The number of likely N-dealkylation sites (tertiary alicyclic amines) is 1. The van der Waals surface area contributed by atoms with E-state index in [1.165, 1.54) is 44.5 Å². The molecule has 2 fully saturated rings. The number of aryl methyl sites for hydroxylation is 1. The molecule has 1 saturated carbocycles. The number of nitrogens with zero attached hydrogens (tertiary/aromatic N) is 3. The molecular formula is C16H26N4S. The molecule has 0 amide bonds. The maximum atomic E-state index is 4.82. The molecule has 0 atom stereocenters. The van der Waals surface area contributed by atoms with Crippen LogP contribution in [0.15, 0.2) is 10.4 Å². The molecule has 1 aliphatic heterocycles. The summed E-state index contributed by atoms with van der Waals surface area (Å²) >= 11 is 1.72. The molecular weight excluding hydrogens is 280 g/mol. The molecule has 1 spiro atoms. The highest BCUT2D eigenvalue weighted by atomic mass is 32.1. The Morgan fingerprint density at radius 2 is 2.33 bits per heavy atom. The zero-order valence-corrected chi connectivity index (χ0v) is 14.0. The Morgan fingerprint density at radius 3 is 2.90 bits per heavy atom. The molecule has 1 saturated heterocycles. The number of aliphatic imine (C=N–C) groups is 1. The second kappa shape index (κ2) is 6.34. The SMILES string of the molecule is CCNC(=NCCc1csc(C)n1)N1CCC2(CCC2)C1. The second-order valence-electron chi connectivity index (χ2n) is 6.37. The van der Waals surface area contributed by atoms with Gasteiger partial charge in [-0.25, -0.2) is 4.98 Å². The summed E-state index contributed by atoms with van der Waals surface area (Å²) in [5.41, 5.74) is 1.80. The van der Waals surface area contributed by atoms with Gasteiger partial charge in [0.1, 0.15) is 0 Å². The van der Waals surface area contributed by atoms with Crippen LogP contribution in [-0.2, 0) is 6.42 Å². The highest BCUT2D eigenvalue weighted by Gasteiger charge is 2.43. The maximum absolute atomic E-state index is 4.82. The summed E-state index contributed by atoms with van der Waals surface area (Å²) in [6.45, 7) is 8.35. The highest BCUT2D eigenvalue weighted by Crippen LogP contribution is 2.47. The molecule has 2 heterocycles. The van der Waals surface area contributed by atoms with Gasteiger partial charge in [-0.15, -0.1) is 11.3 Å². The first-order valence-electron chi connectivity index (χ1n) is 8.15. The van der Waals surface area contributed by atoms with E-state index in [0.29, 0.717) is 5.41 Å². The first kappa shape index (κ1) is 14.8. The van der Waals surface area contributed by atoms with E-state index < -0.39 is 0 Å². The van der Waals surface area contributed by atoms with Crippen LogP contribution in [0.4, 0.5) is 0 Å². The zero-order chi connectivity index (χ0) is 14.7. The number of hydrogen-bond donors (Lipinski definition) is 1. The molecule has 3 rings (SSSR count). The molecule has 1 N–H and O–H groups in total. The van der Waals surface area contributed by atoms with E-state index in [2.05, 4.69) is 34.4 Å². The summed E-state index contributed by atoms with van der Waals surface area (Å²) < 4.78 is 0. The monoisotopic (exact) mass is 306 g/mol. The average Bonchev–Trinajstić information content (AvgIpc) is 3.04. The molecule has 21 heavy (non-hydrogen) atoms. The third-order valence-corrected chi connectivity index (χ3v) is 5.61. The second-order valence-corrected chi connectivity index (χ2v) is 7.43. The molecule has 0 bridgehead atoms. The number of thiazole rings is 1. The van der Waals surface area contributed by atoms with Crippen LogP contribution in [0.2, 0.25) is 0 Å². The largest absolute Gasteiger partial charge is 0.357 e. The number of aromatic nitrogens is 1. The van der Waals surface area contributed by atoms with E-state index in [-0.39, 0.29) is 0 Å².